The van der Waals surface area contributed by atoms with Crippen LogP contribution in [0, 0.1) is 0 Å². The van der Waals surface area contributed by atoms with Crippen LogP contribution in [0.2, 0.25) is 0 Å². The molecule has 2 N–H and O–H groups in total. The zero-order chi connectivity index (χ0) is 12.5. The summed E-state index contributed by atoms with van der Waals surface area (Å²) < 4.78 is 0. The van der Waals surface area contributed by atoms with Crippen molar-refractivity contribution in [3.8, 4) is 0 Å². The molecule has 0 radical (unpaired) electrons. The van der Waals surface area contributed by atoms with Crippen LogP contribution in [0.4, 0.5) is 0 Å². The van der Waals surface area contributed by atoms with E-state index in [1.165, 1.54) is 32.1 Å². The maximum absolute atomic E-state index is 12.1. The maximum Gasteiger partial charge on any atom is 0.237 e. The number of amides is 1. The Morgan fingerprint density at radius 1 is 1.11 bits per heavy atom. The Morgan fingerprint density at radius 2 is 1.83 bits per heavy atom. The minimum Gasteiger partial charge on any atom is -0.355 e. The van der Waals surface area contributed by atoms with Gasteiger partial charge < -0.3 is 10.6 Å². The van der Waals surface area contributed by atoms with Crippen molar-refractivity contribution in [3.63, 3.8) is 0 Å². The van der Waals surface area contributed by atoms with Crippen LogP contribution < -0.4 is 10.6 Å². The summed E-state index contributed by atoms with van der Waals surface area (Å²) in [4.78, 5) is 14.5. The van der Waals surface area contributed by atoms with E-state index in [4.69, 9.17) is 0 Å². The van der Waals surface area contributed by atoms with Crippen LogP contribution in [-0.4, -0.2) is 48.6 Å². The monoisotopic (exact) mass is 251 g/mol. The second-order valence-corrected chi connectivity index (χ2v) is 6.23. The number of fused-ring (bicyclic) bond motifs is 2. The van der Waals surface area contributed by atoms with Gasteiger partial charge in [-0.3, -0.25) is 9.69 Å². The number of hydrogen-bond acceptors (Lipinski definition) is 3. The maximum atomic E-state index is 12.1. The summed E-state index contributed by atoms with van der Waals surface area (Å²) in [5, 5.41) is 6.73. The first-order valence-corrected chi connectivity index (χ1v) is 7.50. The lowest BCUT2D eigenvalue weighted by molar-refractivity contribution is -0.126. The SMILES string of the molecule is CN(C1CC2CCC(C1)N2)C1CCCCNC1=O. The first kappa shape index (κ1) is 12.4. The normalized spacial score (nSPS) is 40.7. The van der Waals surface area contributed by atoms with Crippen LogP contribution in [0.5, 0.6) is 0 Å². The average Bonchev–Trinajstić information content (AvgIpc) is 2.59. The van der Waals surface area contributed by atoms with Gasteiger partial charge in [0.1, 0.15) is 0 Å². The molecular formula is C14H25N3O. The first-order chi connectivity index (χ1) is 8.74. The minimum absolute atomic E-state index is 0.106. The Morgan fingerprint density at radius 3 is 2.56 bits per heavy atom. The molecule has 3 heterocycles. The van der Waals surface area contributed by atoms with Gasteiger partial charge in [-0.25, -0.2) is 0 Å². The number of piperidine rings is 1. The van der Waals surface area contributed by atoms with Crippen LogP contribution >= 0.6 is 0 Å². The van der Waals surface area contributed by atoms with Gasteiger partial charge >= 0.3 is 0 Å². The van der Waals surface area contributed by atoms with Gasteiger partial charge in [0.2, 0.25) is 5.91 Å². The van der Waals surface area contributed by atoms with Gasteiger partial charge in [0.15, 0.2) is 0 Å². The molecule has 3 rings (SSSR count). The van der Waals surface area contributed by atoms with Crippen molar-refractivity contribution in [1.82, 2.24) is 15.5 Å². The molecule has 0 aromatic carbocycles. The fourth-order valence-corrected chi connectivity index (χ4v) is 3.93. The molecule has 0 aromatic heterocycles. The molecule has 3 fully saturated rings. The van der Waals surface area contributed by atoms with Gasteiger partial charge in [0, 0.05) is 24.7 Å². The van der Waals surface area contributed by atoms with E-state index >= 15 is 0 Å². The van der Waals surface area contributed by atoms with Crippen molar-refractivity contribution < 1.29 is 4.79 Å². The lowest BCUT2D eigenvalue weighted by Gasteiger charge is -2.39. The van der Waals surface area contributed by atoms with Crippen LogP contribution in [0.25, 0.3) is 0 Å². The summed E-state index contributed by atoms with van der Waals surface area (Å²) in [5.41, 5.74) is 0. The van der Waals surface area contributed by atoms with Gasteiger partial charge in [0.05, 0.1) is 6.04 Å². The number of nitrogens with one attached hydrogen (secondary N) is 2. The van der Waals surface area contributed by atoms with Crippen molar-refractivity contribution in [2.24, 2.45) is 0 Å². The predicted octanol–water partition coefficient (Wildman–Crippen LogP) is 0.870. The third-order valence-corrected chi connectivity index (χ3v) is 5.02. The average molecular weight is 251 g/mol. The van der Waals surface area contributed by atoms with Crippen molar-refractivity contribution in [1.29, 1.82) is 0 Å². The molecule has 3 atom stereocenters. The molecule has 4 heteroatoms. The minimum atomic E-state index is 0.106. The quantitative estimate of drug-likeness (QED) is 0.765. The second-order valence-electron chi connectivity index (χ2n) is 6.23. The molecule has 3 aliphatic rings. The van der Waals surface area contributed by atoms with Gasteiger partial charge in [-0.2, -0.15) is 0 Å². The van der Waals surface area contributed by atoms with Crippen molar-refractivity contribution in [3.05, 3.63) is 0 Å². The van der Waals surface area contributed by atoms with E-state index in [9.17, 15) is 4.79 Å². The molecule has 0 aliphatic carbocycles. The topological polar surface area (TPSA) is 44.4 Å². The summed E-state index contributed by atoms with van der Waals surface area (Å²) in [6.07, 6.45) is 8.42. The number of carbonyl (C=O) groups is 1. The van der Waals surface area contributed by atoms with E-state index in [-0.39, 0.29) is 11.9 Å². The molecule has 0 saturated carbocycles. The van der Waals surface area contributed by atoms with Crippen LogP contribution in [0.15, 0.2) is 0 Å². The van der Waals surface area contributed by atoms with E-state index in [0.29, 0.717) is 18.1 Å². The van der Waals surface area contributed by atoms with E-state index in [1.807, 2.05) is 0 Å². The lowest BCUT2D eigenvalue weighted by Crippen LogP contribution is -2.53. The Kier molecular flexibility index (Phi) is 3.57. The third-order valence-electron chi connectivity index (χ3n) is 5.02. The fourth-order valence-electron chi connectivity index (χ4n) is 3.93. The molecule has 4 nitrogen and oxygen atoms in total. The molecule has 3 saturated heterocycles. The Bertz CT molecular complexity index is 308. The van der Waals surface area contributed by atoms with Gasteiger partial charge in [-0.15, -0.1) is 0 Å². The highest BCUT2D eigenvalue weighted by molar-refractivity contribution is 5.81. The highest BCUT2D eigenvalue weighted by Gasteiger charge is 2.38. The summed E-state index contributed by atoms with van der Waals surface area (Å²) in [7, 11) is 2.16. The molecule has 0 aromatic rings. The summed E-state index contributed by atoms with van der Waals surface area (Å²) in [6.45, 7) is 0.862. The number of nitrogens with zero attached hydrogens (tertiary/aromatic N) is 1. The van der Waals surface area contributed by atoms with Crippen LogP contribution in [0.1, 0.15) is 44.9 Å². The second kappa shape index (κ2) is 5.17. The molecule has 1 amide bonds. The fraction of sp³-hybridized carbons (Fsp3) is 0.929. The molecule has 3 unspecified atom stereocenters. The molecular weight excluding hydrogens is 226 g/mol. The number of likely N-dealkylation sites (N-methyl/N-ethyl adjacent to an activating group) is 1. The predicted molar refractivity (Wildman–Crippen MR) is 71.4 cm³/mol. The zero-order valence-electron chi connectivity index (χ0n) is 11.3. The lowest BCUT2D eigenvalue weighted by atomic mass is 9.96. The third kappa shape index (κ3) is 2.41. The van der Waals surface area contributed by atoms with Crippen molar-refractivity contribution in [2.75, 3.05) is 13.6 Å². The number of hydrogen-bond donors (Lipinski definition) is 2. The van der Waals surface area contributed by atoms with Crippen LogP contribution in [-0.2, 0) is 4.79 Å². The molecule has 102 valence electrons. The van der Waals surface area contributed by atoms with E-state index < -0.39 is 0 Å². The molecule has 0 spiro atoms. The van der Waals surface area contributed by atoms with Gasteiger partial charge in [-0.05, 0) is 52.0 Å². The van der Waals surface area contributed by atoms with Crippen LogP contribution in [0.3, 0.4) is 0 Å². The van der Waals surface area contributed by atoms with E-state index in [0.717, 1.165) is 19.4 Å². The summed E-state index contributed by atoms with van der Waals surface area (Å²) in [5.74, 6) is 0.251. The largest absolute Gasteiger partial charge is 0.355 e. The number of rotatable bonds is 2. The number of carbonyl (C=O) groups excluding carboxylic acids is 1. The Hall–Kier alpha value is -0.610. The van der Waals surface area contributed by atoms with E-state index in [1.54, 1.807) is 0 Å². The molecule has 3 aliphatic heterocycles. The van der Waals surface area contributed by atoms with Crippen molar-refractivity contribution >= 4 is 5.91 Å². The van der Waals surface area contributed by atoms with Gasteiger partial charge in [-0.1, -0.05) is 0 Å². The summed E-state index contributed by atoms with van der Waals surface area (Å²) in [6, 6.07) is 2.10. The smallest absolute Gasteiger partial charge is 0.237 e. The summed E-state index contributed by atoms with van der Waals surface area (Å²) >= 11 is 0. The molecule has 2 bridgehead atoms. The Labute approximate surface area is 109 Å². The zero-order valence-corrected chi connectivity index (χ0v) is 11.3. The first-order valence-electron chi connectivity index (χ1n) is 7.50. The molecule has 18 heavy (non-hydrogen) atoms. The van der Waals surface area contributed by atoms with Crippen molar-refractivity contribution in [2.45, 2.75) is 69.1 Å². The highest BCUT2D eigenvalue weighted by Crippen LogP contribution is 2.30. The van der Waals surface area contributed by atoms with E-state index in [2.05, 4.69) is 22.6 Å². The standard InChI is InChI=1S/C14H25N3O/c1-17(13-4-2-3-7-15-14(13)18)12-8-10-5-6-11(9-12)16-10/h10-13,16H,2-9H2,1H3,(H,15,18). The highest BCUT2D eigenvalue weighted by atomic mass is 16.2. The Balaban J connectivity index is 1.65. The van der Waals surface area contributed by atoms with Gasteiger partial charge in [0.25, 0.3) is 0 Å².